The maximum Gasteiger partial charge on any atom is 0.0236 e. The zero-order valence-corrected chi connectivity index (χ0v) is 15.2. The van der Waals surface area contributed by atoms with E-state index in [0.29, 0.717) is 0 Å². The van der Waals surface area contributed by atoms with Gasteiger partial charge in [-0.3, -0.25) is 9.80 Å². The lowest BCUT2D eigenvalue weighted by Gasteiger charge is -2.32. The van der Waals surface area contributed by atoms with Crippen molar-refractivity contribution in [3.8, 4) is 11.1 Å². The van der Waals surface area contributed by atoms with Gasteiger partial charge in [-0.25, -0.2) is 0 Å². The number of aryl methyl sites for hydroxylation is 1. The van der Waals surface area contributed by atoms with Crippen LogP contribution >= 0.6 is 0 Å². The van der Waals surface area contributed by atoms with Gasteiger partial charge in [0.15, 0.2) is 0 Å². The van der Waals surface area contributed by atoms with Gasteiger partial charge in [-0.2, -0.15) is 0 Å². The minimum Gasteiger partial charge on any atom is -0.314 e. The predicted molar refractivity (Wildman–Crippen MR) is 105 cm³/mol. The SMILES string of the molecule is Cc1ccccc1-c1cccc(CN2CCC(N3CCNCC3)C2)c1. The van der Waals surface area contributed by atoms with Crippen molar-refractivity contribution in [2.45, 2.75) is 25.9 Å². The largest absolute Gasteiger partial charge is 0.314 e. The van der Waals surface area contributed by atoms with E-state index < -0.39 is 0 Å². The molecule has 3 nitrogen and oxygen atoms in total. The highest BCUT2D eigenvalue weighted by Gasteiger charge is 2.28. The first-order valence-electron chi connectivity index (χ1n) is 9.62. The third-order valence-electron chi connectivity index (χ3n) is 5.70. The quantitative estimate of drug-likeness (QED) is 0.926. The fraction of sp³-hybridized carbons (Fsp3) is 0.455. The van der Waals surface area contributed by atoms with Crippen molar-refractivity contribution >= 4 is 0 Å². The van der Waals surface area contributed by atoms with Crippen LogP contribution < -0.4 is 5.32 Å². The lowest BCUT2D eigenvalue weighted by Crippen LogP contribution is -2.49. The van der Waals surface area contributed by atoms with Gasteiger partial charge < -0.3 is 5.32 Å². The molecule has 2 fully saturated rings. The summed E-state index contributed by atoms with van der Waals surface area (Å²) >= 11 is 0. The van der Waals surface area contributed by atoms with E-state index in [1.807, 2.05) is 0 Å². The molecule has 2 aromatic carbocycles. The van der Waals surface area contributed by atoms with Crippen LogP contribution in [-0.2, 0) is 6.54 Å². The summed E-state index contributed by atoms with van der Waals surface area (Å²) in [7, 11) is 0. The monoisotopic (exact) mass is 335 g/mol. The molecule has 4 rings (SSSR count). The highest BCUT2D eigenvalue weighted by atomic mass is 15.3. The van der Waals surface area contributed by atoms with Crippen molar-refractivity contribution in [2.24, 2.45) is 0 Å². The van der Waals surface area contributed by atoms with Crippen LogP contribution in [0.3, 0.4) is 0 Å². The van der Waals surface area contributed by atoms with E-state index in [-0.39, 0.29) is 0 Å². The third kappa shape index (κ3) is 3.95. The Morgan fingerprint density at radius 1 is 1.00 bits per heavy atom. The van der Waals surface area contributed by atoms with Crippen molar-refractivity contribution in [2.75, 3.05) is 39.3 Å². The number of hydrogen-bond acceptors (Lipinski definition) is 3. The van der Waals surface area contributed by atoms with E-state index in [9.17, 15) is 0 Å². The highest BCUT2D eigenvalue weighted by Crippen LogP contribution is 2.25. The molecule has 2 aliphatic heterocycles. The summed E-state index contributed by atoms with van der Waals surface area (Å²) in [5.41, 5.74) is 5.47. The fourth-order valence-electron chi connectivity index (χ4n) is 4.29. The zero-order valence-electron chi connectivity index (χ0n) is 15.2. The van der Waals surface area contributed by atoms with Gasteiger partial charge in [-0.15, -0.1) is 0 Å². The van der Waals surface area contributed by atoms with E-state index in [4.69, 9.17) is 0 Å². The molecule has 25 heavy (non-hydrogen) atoms. The summed E-state index contributed by atoms with van der Waals surface area (Å²) in [5.74, 6) is 0. The first kappa shape index (κ1) is 16.8. The Hall–Kier alpha value is -1.68. The maximum atomic E-state index is 3.46. The average molecular weight is 335 g/mol. The highest BCUT2D eigenvalue weighted by molar-refractivity contribution is 5.67. The van der Waals surface area contributed by atoms with Crippen LogP contribution in [0.5, 0.6) is 0 Å². The molecule has 0 aromatic heterocycles. The predicted octanol–water partition coefficient (Wildman–Crippen LogP) is 3.14. The second-order valence-electron chi connectivity index (χ2n) is 7.48. The van der Waals surface area contributed by atoms with Crippen LogP contribution in [0.2, 0.25) is 0 Å². The molecule has 0 spiro atoms. The van der Waals surface area contributed by atoms with Crippen LogP contribution in [0.25, 0.3) is 11.1 Å². The molecule has 2 aliphatic rings. The van der Waals surface area contributed by atoms with Gasteiger partial charge in [0, 0.05) is 51.9 Å². The van der Waals surface area contributed by atoms with Gasteiger partial charge in [0.25, 0.3) is 0 Å². The number of likely N-dealkylation sites (tertiary alicyclic amines) is 1. The molecule has 2 aromatic rings. The van der Waals surface area contributed by atoms with E-state index in [0.717, 1.165) is 25.7 Å². The van der Waals surface area contributed by atoms with Crippen molar-refractivity contribution in [1.29, 1.82) is 0 Å². The molecule has 0 radical (unpaired) electrons. The molecule has 2 heterocycles. The Morgan fingerprint density at radius 2 is 1.84 bits per heavy atom. The number of rotatable bonds is 4. The van der Waals surface area contributed by atoms with Crippen LogP contribution in [0.15, 0.2) is 48.5 Å². The molecule has 1 unspecified atom stereocenters. The first-order chi connectivity index (χ1) is 12.3. The molecule has 1 atom stereocenters. The summed E-state index contributed by atoms with van der Waals surface area (Å²) in [4.78, 5) is 5.31. The smallest absolute Gasteiger partial charge is 0.0236 e. The molecule has 0 bridgehead atoms. The number of nitrogens with zero attached hydrogens (tertiary/aromatic N) is 2. The van der Waals surface area contributed by atoms with E-state index >= 15 is 0 Å². The summed E-state index contributed by atoms with van der Waals surface area (Å²) in [6, 6.07) is 18.5. The Bertz CT molecular complexity index is 706. The molecule has 132 valence electrons. The van der Waals surface area contributed by atoms with Crippen LogP contribution in [-0.4, -0.2) is 55.1 Å². The fourth-order valence-corrected chi connectivity index (χ4v) is 4.29. The molecular weight excluding hydrogens is 306 g/mol. The summed E-state index contributed by atoms with van der Waals surface area (Å²) < 4.78 is 0. The number of nitrogens with one attached hydrogen (secondary N) is 1. The second-order valence-corrected chi connectivity index (χ2v) is 7.48. The minimum absolute atomic E-state index is 0.752. The van der Waals surface area contributed by atoms with Crippen molar-refractivity contribution in [3.63, 3.8) is 0 Å². The maximum absolute atomic E-state index is 3.46. The van der Waals surface area contributed by atoms with Gasteiger partial charge in [0.2, 0.25) is 0 Å². The molecular formula is C22H29N3. The zero-order chi connectivity index (χ0) is 17.1. The molecule has 0 amide bonds. The number of benzene rings is 2. The van der Waals surface area contributed by atoms with Crippen LogP contribution in [0, 0.1) is 6.92 Å². The average Bonchev–Trinajstić information content (AvgIpc) is 3.12. The summed E-state index contributed by atoms with van der Waals surface area (Å²) in [6.07, 6.45) is 1.32. The Kier molecular flexibility index (Phi) is 5.16. The Morgan fingerprint density at radius 3 is 2.68 bits per heavy atom. The van der Waals surface area contributed by atoms with E-state index in [1.165, 1.54) is 54.9 Å². The first-order valence-corrected chi connectivity index (χ1v) is 9.62. The molecule has 1 N–H and O–H groups in total. The number of hydrogen-bond donors (Lipinski definition) is 1. The standard InChI is InChI=1S/C22H29N3/c1-18-5-2-3-8-22(18)20-7-4-6-19(15-20)16-24-12-9-21(17-24)25-13-10-23-11-14-25/h2-8,15,21,23H,9-14,16-17H2,1H3. The van der Waals surface area contributed by atoms with E-state index in [2.05, 4.69) is 70.6 Å². The normalized spacial score (nSPS) is 22.4. The molecule has 2 saturated heterocycles. The minimum atomic E-state index is 0.752. The van der Waals surface area contributed by atoms with Gasteiger partial charge in [-0.05, 0) is 41.7 Å². The van der Waals surface area contributed by atoms with Gasteiger partial charge >= 0.3 is 0 Å². The summed E-state index contributed by atoms with van der Waals surface area (Å²) in [6.45, 7) is 10.4. The third-order valence-corrected chi connectivity index (χ3v) is 5.70. The molecule has 0 saturated carbocycles. The Labute approximate surface area is 151 Å². The van der Waals surface area contributed by atoms with E-state index in [1.54, 1.807) is 0 Å². The van der Waals surface area contributed by atoms with Crippen molar-refractivity contribution < 1.29 is 0 Å². The second kappa shape index (κ2) is 7.69. The molecule has 3 heteroatoms. The number of piperazine rings is 1. The van der Waals surface area contributed by atoms with Crippen LogP contribution in [0.1, 0.15) is 17.5 Å². The van der Waals surface area contributed by atoms with Crippen LogP contribution in [0.4, 0.5) is 0 Å². The summed E-state index contributed by atoms with van der Waals surface area (Å²) in [5, 5.41) is 3.46. The Balaban J connectivity index is 1.42. The molecule has 0 aliphatic carbocycles. The topological polar surface area (TPSA) is 18.5 Å². The van der Waals surface area contributed by atoms with Gasteiger partial charge in [-0.1, -0.05) is 42.5 Å². The lowest BCUT2D eigenvalue weighted by molar-refractivity contribution is 0.170. The van der Waals surface area contributed by atoms with Gasteiger partial charge in [0.1, 0.15) is 0 Å². The lowest BCUT2D eigenvalue weighted by atomic mass is 9.99. The van der Waals surface area contributed by atoms with Crippen molar-refractivity contribution in [1.82, 2.24) is 15.1 Å². The van der Waals surface area contributed by atoms with Gasteiger partial charge in [0.05, 0.1) is 0 Å². The van der Waals surface area contributed by atoms with Crippen molar-refractivity contribution in [3.05, 3.63) is 59.7 Å².